The third-order valence-electron chi connectivity index (χ3n) is 3.14. The molecule has 0 aromatic carbocycles. The van der Waals surface area contributed by atoms with Gasteiger partial charge in [0.1, 0.15) is 11.1 Å². The van der Waals surface area contributed by atoms with Crippen molar-refractivity contribution in [1.29, 1.82) is 5.26 Å². The molecule has 0 saturated carbocycles. The third kappa shape index (κ3) is 8.01. The van der Waals surface area contributed by atoms with Gasteiger partial charge in [-0.05, 0) is 40.5 Å². The Balaban J connectivity index is 0.000000528. The predicted molar refractivity (Wildman–Crippen MR) is 79.4 cm³/mol. The molecule has 7 nitrogen and oxygen atoms in total. The van der Waals surface area contributed by atoms with Gasteiger partial charge < -0.3 is 9.47 Å². The number of likely N-dealkylation sites (tertiary alicyclic amines) is 1. The Hall–Kier alpha value is -2.52. The molecule has 0 N–H and O–H groups in total. The molecule has 0 radical (unpaired) electrons. The second kappa shape index (κ2) is 8.66. The van der Waals surface area contributed by atoms with Gasteiger partial charge in [0, 0.05) is 6.54 Å². The van der Waals surface area contributed by atoms with Crippen LogP contribution in [0.4, 0.5) is 31.1 Å². The van der Waals surface area contributed by atoms with Crippen molar-refractivity contribution in [3.8, 4) is 6.07 Å². The summed E-state index contributed by atoms with van der Waals surface area (Å²) in [5, 5.41) is 9.04. The van der Waals surface area contributed by atoms with Crippen LogP contribution in [0.3, 0.4) is 0 Å². The van der Waals surface area contributed by atoms with Crippen LogP contribution in [-0.4, -0.2) is 53.0 Å². The van der Waals surface area contributed by atoms with Crippen molar-refractivity contribution < 1.29 is 50.2 Å². The van der Waals surface area contributed by atoms with Crippen molar-refractivity contribution in [2.75, 3.05) is 6.54 Å². The number of esters is 2. The fourth-order valence-electron chi connectivity index (χ4n) is 1.89. The molecule has 0 aliphatic carbocycles. The maximum absolute atomic E-state index is 11.8. The normalized spacial score (nSPS) is 19.8. The van der Waals surface area contributed by atoms with Crippen LogP contribution in [-0.2, 0) is 19.1 Å². The van der Waals surface area contributed by atoms with E-state index in [4.69, 9.17) is 10.00 Å². The van der Waals surface area contributed by atoms with Gasteiger partial charge in [-0.15, -0.1) is 0 Å². The Bertz CT molecular complexity index is 623. The second-order valence-electron chi connectivity index (χ2n) is 6.79. The summed E-state index contributed by atoms with van der Waals surface area (Å²) in [5.41, 5.74) is -1.20. The zero-order chi connectivity index (χ0) is 22.6. The summed E-state index contributed by atoms with van der Waals surface area (Å²) in [6.07, 6.45) is -10.0. The lowest BCUT2D eigenvalue weighted by Crippen LogP contribution is -2.46. The number of alkyl halides is 6. The number of ether oxygens (including phenoxy) is 2. The van der Waals surface area contributed by atoms with Crippen LogP contribution in [0.2, 0.25) is 0 Å². The van der Waals surface area contributed by atoms with E-state index in [1.54, 1.807) is 6.92 Å². The van der Waals surface area contributed by atoms with E-state index in [0.29, 0.717) is 6.54 Å². The Morgan fingerprint density at radius 3 is 1.75 bits per heavy atom. The van der Waals surface area contributed by atoms with Crippen LogP contribution >= 0.6 is 0 Å². The van der Waals surface area contributed by atoms with E-state index in [2.05, 4.69) is 10.8 Å². The number of hydrogen-bond donors (Lipinski definition) is 0. The van der Waals surface area contributed by atoms with Crippen molar-refractivity contribution in [3.63, 3.8) is 0 Å². The number of nitriles is 1. The van der Waals surface area contributed by atoms with Gasteiger partial charge >= 0.3 is 30.4 Å². The minimum absolute atomic E-state index is 0.385. The topological polar surface area (TPSA) is 96.7 Å². The van der Waals surface area contributed by atoms with Crippen molar-refractivity contribution in [3.05, 3.63) is 0 Å². The maximum atomic E-state index is 11.8. The quantitative estimate of drug-likeness (QED) is 0.338. The molecule has 0 aromatic rings. The van der Waals surface area contributed by atoms with E-state index in [1.807, 2.05) is 20.8 Å². The first kappa shape index (κ1) is 25.5. The average molecular weight is 420 g/mol. The van der Waals surface area contributed by atoms with E-state index in [9.17, 15) is 40.7 Å². The number of rotatable bonds is 0. The standard InChI is InChI=1S/C11H18N2O2.C4F6O3/c1-10(2,3)15-9(14)13-7-5-6-11(13,4)8-12;5-3(6,7)1(11)13-2(12)4(8,9)10/h5-7H2,1-4H3;/t11-;/m0./s1. The lowest BCUT2D eigenvalue weighted by Gasteiger charge is -2.31. The van der Waals surface area contributed by atoms with Crippen LogP contribution in [0.25, 0.3) is 0 Å². The van der Waals surface area contributed by atoms with Gasteiger partial charge in [0.2, 0.25) is 0 Å². The number of carbonyl (C=O) groups is 3. The van der Waals surface area contributed by atoms with E-state index in [0.717, 1.165) is 12.8 Å². The fourth-order valence-corrected chi connectivity index (χ4v) is 1.89. The number of hydrogen-bond acceptors (Lipinski definition) is 6. The Labute approximate surface area is 156 Å². The van der Waals surface area contributed by atoms with Gasteiger partial charge in [-0.1, -0.05) is 0 Å². The number of halogens is 6. The molecule has 1 saturated heterocycles. The van der Waals surface area contributed by atoms with Gasteiger partial charge in [0.25, 0.3) is 0 Å². The van der Waals surface area contributed by atoms with Crippen molar-refractivity contribution in [2.45, 2.75) is 64.0 Å². The molecule has 0 bridgehead atoms. The third-order valence-corrected chi connectivity index (χ3v) is 3.14. The van der Waals surface area contributed by atoms with Gasteiger partial charge in [0.15, 0.2) is 0 Å². The van der Waals surface area contributed by atoms with E-state index >= 15 is 0 Å². The van der Waals surface area contributed by atoms with Gasteiger partial charge in [-0.2, -0.15) is 31.6 Å². The van der Waals surface area contributed by atoms with E-state index in [1.165, 1.54) is 4.90 Å². The summed E-state index contributed by atoms with van der Waals surface area (Å²) in [5.74, 6) is -6.40. The molecule has 1 fully saturated rings. The maximum Gasteiger partial charge on any atom is 0.491 e. The molecular formula is C15H18F6N2O5. The van der Waals surface area contributed by atoms with Crippen molar-refractivity contribution in [2.24, 2.45) is 0 Å². The second-order valence-corrected chi connectivity index (χ2v) is 6.79. The summed E-state index contributed by atoms with van der Waals surface area (Å²) in [6.45, 7) is 7.86. The molecular weight excluding hydrogens is 402 g/mol. The molecule has 0 aromatic heterocycles. The Kier molecular flexibility index (Phi) is 7.88. The van der Waals surface area contributed by atoms with Crippen molar-refractivity contribution >= 4 is 18.0 Å². The molecule has 28 heavy (non-hydrogen) atoms. The molecule has 1 aliphatic heterocycles. The average Bonchev–Trinajstić information content (AvgIpc) is 2.87. The molecule has 1 aliphatic rings. The SMILES string of the molecule is CC(C)(C)OC(=O)N1CCC[C@@]1(C)C#N.O=C(OC(=O)C(F)(F)F)C(F)(F)F. The lowest BCUT2D eigenvalue weighted by atomic mass is 10.0. The smallest absolute Gasteiger partial charge is 0.444 e. The van der Waals surface area contributed by atoms with Crippen molar-refractivity contribution in [1.82, 2.24) is 4.90 Å². The molecule has 0 unspecified atom stereocenters. The number of amides is 1. The summed E-state index contributed by atoms with van der Waals surface area (Å²) < 4.78 is 74.9. The molecule has 13 heteroatoms. The van der Waals surface area contributed by atoms with Gasteiger partial charge in [0.05, 0.1) is 6.07 Å². The highest BCUT2D eigenvalue weighted by Gasteiger charge is 2.49. The predicted octanol–water partition coefficient (Wildman–Crippen LogP) is 3.48. The van der Waals surface area contributed by atoms with E-state index in [-0.39, 0.29) is 6.09 Å². The molecule has 1 heterocycles. The lowest BCUT2D eigenvalue weighted by molar-refractivity contribution is -0.221. The van der Waals surface area contributed by atoms with E-state index < -0.39 is 35.4 Å². The zero-order valence-electron chi connectivity index (χ0n) is 15.3. The number of carbonyl (C=O) groups excluding carboxylic acids is 3. The minimum Gasteiger partial charge on any atom is -0.444 e. The Morgan fingerprint density at radius 2 is 1.43 bits per heavy atom. The highest BCUT2D eigenvalue weighted by Crippen LogP contribution is 2.29. The first-order chi connectivity index (χ1) is 12.3. The number of nitrogens with zero attached hydrogens (tertiary/aromatic N) is 2. The minimum atomic E-state index is -5.62. The highest BCUT2D eigenvalue weighted by atomic mass is 19.4. The largest absolute Gasteiger partial charge is 0.491 e. The first-order valence-corrected chi connectivity index (χ1v) is 7.65. The fraction of sp³-hybridized carbons (Fsp3) is 0.733. The summed E-state index contributed by atoms with van der Waals surface area (Å²) in [7, 11) is 0. The molecule has 160 valence electrons. The first-order valence-electron chi connectivity index (χ1n) is 7.65. The molecule has 0 spiro atoms. The highest BCUT2D eigenvalue weighted by molar-refractivity contribution is 5.90. The van der Waals surface area contributed by atoms with Crippen LogP contribution in [0.15, 0.2) is 0 Å². The van der Waals surface area contributed by atoms with Crippen LogP contribution < -0.4 is 0 Å². The Morgan fingerprint density at radius 1 is 1.00 bits per heavy atom. The van der Waals surface area contributed by atoms with Crippen LogP contribution in [0.1, 0.15) is 40.5 Å². The summed E-state index contributed by atoms with van der Waals surface area (Å²) in [6, 6.07) is 2.18. The molecule has 1 atom stereocenters. The summed E-state index contributed by atoms with van der Waals surface area (Å²) >= 11 is 0. The van der Waals surface area contributed by atoms with Gasteiger partial charge in [-0.25, -0.2) is 14.4 Å². The summed E-state index contributed by atoms with van der Waals surface area (Å²) in [4.78, 5) is 32.6. The van der Waals surface area contributed by atoms with Crippen LogP contribution in [0, 0.1) is 11.3 Å². The monoisotopic (exact) mass is 420 g/mol. The van der Waals surface area contributed by atoms with Crippen LogP contribution in [0.5, 0.6) is 0 Å². The molecule has 1 rings (SSSR count). The zero-order valence-corrected chi connectivity index (χ0v) is 15.3. The molecule has 1 amide bonds. The van der Waals surface area contributed by atoms with Gasteiger partial charge in [-0.3, -0.25) is 4.90 Å².